The van der Waals surface area contributed by atoms with Crippen LogP contribution in [0.3, 0.4) is 0 Å². The minimum absolute atomic E-state index is 0.0594. The van der Waals surface area contributed by atoms with E-state index in [0.717, 1.165) is 29.5 Å². The van der Waals surface area contributed by atoms with E-state index in [0.29, 0.717) is 12.1 Å². The van der Waals surface area contributed by atoms with Crippen LogP contribution in [-0.4, -0.2) is 55.4 Å². The van der Waals surface area contributed by atoms with Crippen LogP contribution in [0.15, 0.2) is 42.5 Å². The fourth-order valence-electron chi connectivity index (χ4n) is 3.35. The Labute approximate surface area is 220 Å². The molecule has 2 amide bonds. The summed E-state index contributed by atoms with van der Waals surface area (Å²) in [6.45, 7) is 3.04. The number of nitro groups is 1. The first-order valence-corrected chi connectivity index (χ1v) is 13.7. The lowest BCUT2D eigenvalue weighted by Crippen LogP contribution is -2.51. The summed E-state index contributed by atoms with van der Waals surface area (Å²) in [5.74, 6) is -1.15. The molecule has 0 spiro atoms. The van der Waals surface area contributed by atoms with E-state index in [1.165, 1.54) is 30.0 Å². The molecule has 0 unspecified atom stereocenters. The topological polar surface area (TPSA) is 130 Å². The van der Waals surface area contributed by atoms with E-state index in [2.05, 4.69) is 5.32 Å². The van der Waals surface area contributed by atoms with Crippen LogP contribution < -0.4 is 9.62 Å². The molecule has 13 heteroatoms. The van der Waals surface area contributed by atoms with Gasteiger partial charge in [0.15, 0.2) is 0 Å². The SMILES string of the molecule is CCCCNC(=O)[C@H](C)N(Cc1c(Cl)cccc1Cl)C(=O)CN(c1cccc([N+](=O)[O-])c1)S(C)(=O)=O. The summed E-state index contributed by atoms with van der Waals surface area (Å²) in [7, 11) is -4.03. The molecule has 0 aliphatic carbocycles. The van der Waals surface area contributed by atoms with Crippen LogP contribution in [0, 0.1) is 10.1 Å². The van der Waals surface area contributed by atoms with E-state index in [1.54, 1.807) is 18.2 Å². The molecule has 2 aromatic carbocycles. The van der Waals surface area contributed by atoms with Gasteiger partial charge in [-0.15, -0.1) is 0 Å². The van der Waals surface area contributed by atoms with Crippen LogP contribution in [0.5, 0.6) is 0 Å². The number of anilines is 1. The summed E-state index contributed by atoms with van der Waals surface area (Å²) < 4.78 is 25.9. The number of amides is 2. The van der Waals surface area contributed by atoms with Gasteiger partial charge in [0.2, 0.25) is 21.8 Å². The fraction of sp³-hybridized carbons (Fsp3) is 0.391. The molecule has 36 heavy (non-hydrogen) atoms. The highest BCUT2D eigenvalue weighted by Crippen LogP contribution is 2.28. The molecular formula is C23H28Cl2N4O6S. The number of carbonyl (C=O) groups is 2. The van der Waals surface area contributed by atoms with E-state index >= 15 is 0 Å². The van der Waals surface area contributed by atoms with Gasteiger partial charge in [0.05, 0.1) is 16.9 Å². The highest BCUT2D eigenvalue weighted by atomic mass is 35.5. The van der Waals surface area contributed by atoms with Gasteiger partial charge >= 0.3 is 0 Å². The molecule has 1 atom stereocenters. The molecule has 0 aliphatic rings. The first-order valence-electron chi connectivity index (χ1n) is 11.1. The zero-order valence-electron chi connectivity index (χ0n) is 20.1. The Morgan fingerprint density at radius 1 is 1.14 bits per heavy atom. The lowest BCUT2D eigenvalue weighted by Gasteiger charge is -2.31. The number of unbranched alkanes of at least 4 members (excludes halogenated alkanes) is 1. The molecule has 1 N–H and O–H groups in total. The quantitative estimate of drug-likeness (QED) is 0.238. The van der Waals surface area contributed by atoms with Crippen molar-refractivity contribution in [2.24, 2.45) is 0 Å². The average molecular weight is 559 g/mol. The number of halogens is 2. The van der Waals surface area contributed by atoms with Gasteiger partial charge in [-0.25, -0.2) is 8.42 Å². The van der Waals surface area contributed by atoms with Crippen LogP contribution in [0.4, 0.5) is 11.4 Å². The maximum Gasteiger partial charge on any atom is 0.271 e. The smallest absolute Gasteiger partial charge is 0.271 e. The molecule has 10 nitrogen and oxygen atoms in total. The first-order chi connectivity index (χ1) is 16.9. The Kier molecular flexibility index (Phi) is 10.5. The number of hydrogen-bond acceptors (Lipinski definition) is 6. The van der Waals surface area contributed by atoms with Crippen LogP contribution in [0.1, 0.15) is 32.3 Å². The van der Waals surface area contributed by atoms with E-state index < -0.39 is 39.3 Å². The number of sulfonamides is 1. The summed E-state index contributed by atoms with van der Waals surface area (Å²) in [6.07, 6.45) is 2.49. The van der Waals surface area contributed by atoms with Crippen molar-refractivity contribution in [3.63, 3.8) is 0 Å². The maximum atomic E-state index is 13.5. The third-order valence-corrected chi connectivity index (χ3v) is 7.24. The number of benzene rings is 2. The van der Waals surface area contributed by atoms with Crippen LogP contribution >= 0.6 is 23.2 Å². The summed E-state index contributed by atoms with van der Waals surface area (Å²) in [4.78, 5) is 38.0. The second kappa shape index (κ2) is 12.9. The van der Waals surface area contributed by atoms with E-state index in [4.69, 9.17) is 23.2 Å². The molecular weight excluding hydrogens is 531 g/mol. The molecule has 0 saturated heterocycles. The van der Waals surface area contributed by atoms with Crippen LogP contribution in [0.25, 0.3) is 0 Å². The Morgan fingerprint density at radius 2 is 1.75 bits per heavy atom. The number of non-ortho nitro benzene ring substituents is 1. The van der Waals surface area contributed by atoms with Gasteiger partial charge in [0.1, 0.15) is 12.6 Å². The number of nitrogens with zero attached hydrogens (tertiary/aromatic N) is 3. The monoisotopic (exact) mass is 558 g/mol. The van der Waals surface area contributed by atoms with Crippen molar-refractivity contribution >= 4 is 56.4 Å². The van der Waals surface area contributed by atoms with Gasteiger partial charge in [-0.05, 0) is 31.5 Å². The number of carbonyl (C=O) groups excluding carboxylic acids is 2. The van der Waals surface area contributed by atoms with E-state index in [1.807, 2.05) is 6.92 Å². The van der Waals surface area contributed by atoms with Gasteiger partial charge in [-0.1, -0.05) is 48.7 Å². The summed E-state index contributed by atoms with van der Waals surface area (Å²) in [5, 5.41) is 14.5. The lowest BCUT2D eigenvalue weighted by atomic mass is 10.1. The normalized spacial score (nSPS) is 12.0. The van der Waals surface area contributed by atoms with Crippen molar-refractivity contribution in [2.75, 3.05) is 23.7 Å². The Hall–Kier alpha value is -2.89. The van der Waals surface area contributed by atoms with Crippen molar-refractivity contribution in [1.29, 1.82) is 0 Å². The Bertz CT molecular complexity index is 1200. The molecule has 2 aromatic rings. The maximum absolute atomic E-state index is 13.5. The highest BCUT2D eigenvalue weighted by Gasteiger charge is 2.31. The molecule has 0 aromatic heterocycles. The van der Waals surface area contributed by atoms with E-state index in [-0.39, 0.29) is 28.0 Å². The van der Waals surface area contributed by atoms with Crippen molar-refractivity contribution < 1.29 is 22.9 Å². The Balaban J connectivity index is 2.45. The summed E-state index contributed by atoms with van der Waals surface area (Å²) >= 11 is 12.6. The first kappa shape index (κ1) is 29.3. The largest absolute Gasteiger partial charge is 0.354 e. The fourth-order valence-corrected chi connectivity index (χ4v) is 4.71. The van der Waals surface area contributed by atoms with Gasteiger partial charge in [-0.2, -0.15) is 0 Å². The molecule has 0 bridgehead atoms. The molecule has 0 radical (unpaired) electrons. The van der Waals surface area contributed by atoms with Crippen molar-refractivity contribution in [1.82, 2.24) is 10.2 Å². The molecule has 2 rings (SSSR count). The van der Waals surface area contributed by atoms with Crippen LogP contribution in [0.2, 0.25) is 10.0 Å². The summed E-state index contributed by atoms with van der Waals surface area (Å²) in [6, 6.07) is 8.75. The second-order valence-electron chi connectivity index (χ2n) is 8.09. The number of nitrogens with one attached hydrogen (secondary N) is 1. The van der Waals surface area contributed by atoms with Crippen molar-refractivity contribution in [3.05, 3.63) is 68.2 Å². The van der Waals surface area contributed by atoms with Crippen molar-refractivity contribution in [3.8, 4) is 0 Å². The minimum atomic E-state index is -4.03. The third kappa shape index (κ3) is 7.81. The van der Waals surface area contributed by atoms with Gasteiger partial charge < -0.3 is 10.2 Å². The molecule has 0 aliphatic heterocycles. The highest BCUT2D eigenvalue weighted by molar-refractivity contribution is 7.92. The Morgan fingerprint density at radius 3 is 2.31 bits per heavy atom. The predicted molar refractivity (Wildman–Crippen MR) is 140 cm³/mol. The van der Waals surface area contributed by atoms with E-state index in [9.17, 15) is 28.1 Å². The standard InChI is InChI=1S/C23H28Cl2N4O6S/c1-4-5-12-26-23(31)16(2)27(14-19-20(24)10-7-11-21(19)25)22(30)15-28(36(3,34)35)17-8-6-9-18(13-17)29(32)33/h6-11,13,16H,4-5,12,14-15H2,1-3H3,(H,26,31)/t16-/m0/s1. The minimum Gasteiger partial charge on any atom is -0.354 e. The average Bonchev–Trinajstić information content (AvgIpc) is 2.81. The molecule has 0 fully saturated rings. The zero-order valence-corrected chi connectivity index (χ0v) is 22.4. The second-order valence-corrected chi connectivity index (χ2v) is 10.8. The third-order valence-electron chi connectivity index (χ3n) is 5.39. The lowest BCUT2D eigenvalue weighted by molar-refractivity contribution is -0.384. The number of nitro benzene ring substituents is 1. The number of hydrogen-bond donors (Lipinski definition) is 1. The predicted octanol–water partition coefficient (Wildman–Crippen LogP) is 4.00. The van der Waals surface area contributed by atoms with Crippen LogP contribution in [-0.2, 0) is 26.2 Å². The summed E-state index contributed by atoms with van der Waals surface area (Å²) in [5.41, 5.74) is -0.00329. The molecule has 196 valence electrons. The zero-order chi connectivity index (χ0) is 27.0. The molecule has 0 heterocycles. The van der Waals surface area contributed by atoms with Crippen molar-refractivity contribution in [2.45, 2.75) is 39.3 Å². The number of rotatable bonds is 12. The van der Waals surface area contributed by atoms with Gasteiger partial charge in [0.25, 0.3) is 5.69 Å². The molecule has 0 saturated carbocycles. The van der Waals surface area contributed by atoms with Gasteiger partial charge in [-0.3, -0.25) is 24.0 Å². The van der Waals surface area contributed by atoms with Gasteiger partial charge in [0, 0.05) is 40.8 Å².